The van der Waals surface area contributed by atoms with E-state index in [0.717, 1.165) is 10.9 Å². The van der Waals surface area contributed by atoms with Crippen molar-refractivity contribution in [1.29, 1.82) is 0 Å². The summed E-state index contributed by atoms with van der Waals surface area (Å²) >= 11 is 1.78. The molecule has 0 spiro atoms. The fourth-order valence-electron chi connectivity index (χ4n) is 1.98. The van der Waals surface area contributed by atoms with E-state index in [4.69, 9.17) is 0 Å². The van der Waals surface area contributed by atoms with Gasteiger partial charge in [-0.3, -0.25) is 0 Å². The van der Waals surface area contributed by atoms with E-state index in [2.05, 4.69) is 46.9 Å². The molecule has 102 valence electrons. The Hall–Kier alpha value is -1.26. The fraction of sp³-hybridized carbons (Fsp3) is 0.400. The first-order chi connectivity index (χ1) is 9.11. The lowest BCUT2D eigenvalue weighted by Crippen LogP contribution is -2.19. The number of aryl methyl sites for hydroxylation is 3. The smallest absolute Gasteiger partial charge is 0.167 e. The SMILES string of the molecule is CNC(CSc1nccn1C)c1ccc(C)c(C)c1. The molecule has 0 fully saturated rings. The van der Waals surface area contributed by atoms with Crippen LogP contribution in [0.25, 0.3) is 0 Å². The highest BCUT2D eigenvalue weighted by atomic mass is 32.2. The van der Waals surface area contributed by atoms with Crippen molar-refractivity contribution in [2.24, 2.45) is 7.05 Å². The van der Waals surface area contributed by atoms with Crippen LogP contribution in [0.5, 0.6) is 0 Å². The molecule has 0 aliphatic heterocycles. The quantitative estimate of drug-likeness (QED) is 0.850. The molecule has 1 aromatic heterocycles. The predicted octanol–water partition coefficient (Wildman–Crippen LogP) is 3.09. The van der Waals surface area contributed by atoms with Crippen molar-refractivity contribution in [3.05, 3.63) is 47.3 Å². The number of nitrogens with zero attached hydrogens (tertiary/aromatic N) is 2. The number of rotatable bonds is 5. The third-order valence-corrected chi connectivity index (χ3v) is 4.59. The molecule has 0 saturated heterocycles. The molecule has 4 heteroatoms. The second kappa shape index (κ2) is 6.26. The minimum Gasteiger partial charge on any atom is -0.329 e. The first kappa shape index (κ1) is 14.2. The van der Waals surface area contributed by atoms with Crippen molar-refractivity contribution >= 4 is 11.8 Å². The average Bonchev–Trinajstić information content (AvgIpc) is 2.80. The van der Waals surface area contributed by atoms with Gasteiger partial charge in [0.1, 0.15) is 0 Å². The second-order valence-corrected chi connectivity index (χ2v) is 5.80. The minimum atomic E-state index is 0.348. The van der Waals surface area contributed by atoms with E-state index in [-0.39, 0.29) is 0 Å². The molecule has 1 N–H and O–H groups in total. The van der Waals surface area contributed by atoms with Crippen LogP contribution in [0.4, 0.5) is 0 Å². The van der Waals surface area contributed by atoms with Gasteiger partial charge in [-0.05, 0) is 37.6 Å². The van der Waals surface area contributed by atoms with Crippen molar-refractivity contribution in [3.8, 4) is 0 Å². The van der Waals surface area contributed by atoms with Crippen LogP contribution < -0.4 is 5.32 Å². The van der Waals surface area contributed by atoms with E-state index in [1.165, 1.54) is 16.7 Å². The van der Waals surface area contributed by atoms with Gasteiger partial charge in [-0.25, -0.2) is 4.98 Å². The highest BCUT2D eigenvalue weighted by Crippen LogP contribution is 2.24. The van der Waals surface area contributed by atoms with E-state index < -0.39 is 0 Å². The van der Waals surface area contributed by atoms with Gasteiger partial charge in [0, 0.05) is 31.2 Å². The lowest BCUT2D eigenvalue weighted by Gasteiger charge is -2.17. The van der Waals surface area contributed by atoms with E-state index >= 15 is 0 Å². The molecule has 1 aromatic carbocycles. The summed E-state index contributed by atoms with van der Waals surface area (Å²) in [7, 11) is 4.04. The van der Waals surface area contributed by atoms with Gasteiger partial charge in [0.15, 0.2) is 5.16 Å². The standard InChI is InChI=1S/C15H21N3S/c1-11-5-6-13(9-12(11)2)14(16-3)10-19-15-17-7-8-18(15)4/h5-9,14,16H,10H2,1-4H3. The van der Waals surface area contributed by atoms with E-state index in [0.29, 0.717) is 6.04 Å². The third kappa shape index (κ3) is 3.39. The molecule has 3 nitrogen and oxygen atoms in total. The largest absolute Gasteiger partial charge is 0.329 e. The maximum absolute atomic E-state index is 4.35. The van der Waals surface area contributed by atoms with Gasteiger partial charge in [0.05, 0.1) is 0 Å². The van der Waals surface area contributed by atoms with Gasteiger partial charge in [-0.1, -0.05) is 30.0 Å². The highest BCUT2D eigenvalue weighted by Gasteiger charge is 2.12. The van der Waals surface area contributed by atoms with Crippen molar-refractivity contribution < 1.29 is 0 Å². The number of hydrogen-bond donors (Lipinski definition) is 1. The molecule has 0 amide bonds. The molecule has 0 aliphatic carbocycles. The topological polar surface area (TPSA) is 29.9 Å². The Balaban J connectivity index is 2.07. The summed E-state index contributed by atoms with van der Waals surface area (Å²) in [5.41, 5.74) is 4.03. The molecule has 0 bridgehead atoms. The van der Waals surface area contributed by atoms with Crippen LogP contribution in [0.3, 0.4) is 0 Å². The zero-order chi connectivity index (χ0) is 13.8. The average molecular weight is 275 g/mol. The number of thioether (sulfide) groups is 1. The number of nitrogens with one attached hydrogen (secondary N) is 1. The molecule has 1 atom stereocenters. The summed E-state index contributed by atoms with van der Waals surface area (Å²) in [5, 5.41) is 4.45. The maximum Gasteiger partial charge on any atom is 0.167 e. The van der Waals surface area contributed by atoms with Crippen molar-refractivity contribution in [3.63, 3.8) is 0 Å². The van der Waals surface area contributed by atoms with Gasteiger partial charge in [0.25, 0.3) is 0 Å². The summed E-state index contributed by atoms with van der Waals surface area (Å²) in [4.78, 5) is 4.35. The van der Waals surface area contributed by atoms with Crippen molar-refractivity contribution in [1.82, 2.24) is 14.9 Å². The summed E-state index contributed by atoms with van der Waals surface area (Å²) in [6, 6.07) is 7.03. The first-order valence-corrected chi connectivity index (χ1v) is 7.45. The van der Waals surface area contributed by atoms with Crippen LogP contribution in [-0.2, 0) is 7.05 Å². The normalized spacial score (nSPS) is 12.6. The molecule has 2 aromatic rings. The highest BCUT2D eigenvalue weighted by molar-refractivity contribution is 7.99. The van der Waals surface area contributed by atoms with Crippen LogP contribution >= 0.6 is 11.8 Å². The molecular formula is C15H21N3S. The van der Waals surface area contributed by atoms with Crippen LogP contribution in [0.2, 0.25) is 0 Å². The summed E-state index contributed by atoms with van der Waals surface area (Å²) in [6.45, 7) is 4.31. The molecule has 0 saturated carbocycles. The van der Waals surface area contributed by atoms with E-state index in [1.54, 1.807) is 11.8 Å². The number of hydrogen-bond acceptors (Lipinski definition) is 3. The molecule has 2 rings (SSSR count). The molecule has 1 unspecified atom stereocenters. The predicted molar refractivity (Wildman–Crippen MR) is 81.6 cm³/mol. The van der Waals surface area contributed by atoms with Gasteiger partial charge in [-0.2, -0.15) is 0 Å². The Bertz CT molecular complexity index is 548. The number of benzene rings is 1. The van der Waals surface area contributed by atoms with Gasteiger partial charge in [0.2, 0.25) is 0 Å². The Morgan fingerprint density at radius 3 is 2.68 bits per heavy atom. The summed E-state index contributed by atoms with van der Waals surface area (Å²) < 4.78 is 2.05. The van der Waals surface area contributed by atoms with Gasteiger partial charge < -0.3 is 9.88 Å². The molecule has 19 heavy (non-hydrogen) atoms. The number of aromatic nitrogens is 2. The van der Waals surface area contributed by atoms with Crippen LogP contribution in [-0.4, -0.2) is 22.4 Å². The van der Waals surface area contributed by atoms with Crippen LogP contribution in [0.15, 0.2) is 35.7 Å². The Morgan fingerprint density at radius 1 is 1.32 bits per heavy atom. The van der Waals surface area contributed by atoms with E-state index in [1.807, 2.05) is 26.5 Å². The van der Waals surface area contributed by atoms with Crippen LogP contribution in [0, 0.1) is 13.8 Å². The first-order valence-electron chi connectivity index (χ1n) is 6.46. The summed E-state index contributed by atoms with van der Waals surface area (Å²) in [5.74, 6) is 0.976. The zero-order valence-corrected chi connectivity index (χ0v) is 12.8. The summed E-state index contributed by atoms with van der Waals surface area (Å²) in [6.07, 6.45) is 3.82. The van der Waals surface area contributed by atoms with Crippen molar-refractivity contribution in [2.45, 2.75) is 25.0 Å². The van der Waals surface area contributed by atoms with Gasteiger partial charge >= 0.3 is 0 Å². The Kier molecular flexibility index (Phi) is 4.66. The van der Waals surface area contributed by atoms with E-state index in [9.17, 15) is 0 Å². The molecular weight excluding hydrogens is 254 g/mol. The lowest BCUT2D eigenvalue weighted by atomic mass is 10.0. The lowest BCUT2D eigenvalue weighted by molar-refractivity contribution is 0.658. The molecule has 0 aliphatic rings. The molecule has 0 radical (unpaired) electrons. The Labute approximate surface area is 119 Å². The second-order valence-electron chi connectivity index (χ2n) is 4.82. The third-order valence-electron chi connectivity index (χ3n) is 3.44. The maximum atomic E-state index is 4.35. The fourth-order valence-corrected chi connectivity index (χ4v) is 3.05. The molecule has 1 heterocycles. The number of imidazole rings is 1. The minimum absolute atomic E-state index is 0.348. The Morgan fingerprint density at radius 2 is 2.11 bits per heavy atom. The zero-order valence-electron chi connectivity index (χ0n) is 12.0. The van der Waals surface area contributed by atoms with Gasteiger partial charge in [-0.15, -0.1) is 0 Å². The van der Waals surface area contributed by atoms with Crippen molar-refractivity contribution in [2.75, 3.05) is 12.8 Å². The monoisotopic (exact) mass is 275 g/mol. The van der Waals surface area contributed by atoms with Crippen LogP contribution in [0.1, 0.15) is 22.7 Å².